The van der Waals surface area contributed by atoms with Gasteiger partial charge in [-0.2, -0.15) is 0 Å². The third kappa shape index (κ3) is 23.7. The maximum Gasteiger partial charge on any atom is 0.328 e. The first kappa shape index (κ1) is 27.6. The second-order valence-corrected chi connectivity index (χ2v) is 9.79. The molecule has 0 fully saturated rings. The van der Waals surface area contributed by atoms with Gasteiger partial charge in [-0.25, -0.2) is 0 Å². The summed E-state index contributed by atoms with van der Waals surface area (Å²) in [4.78, 5) is 28.8. The van der Waals surface area contributed by atoms with Gasteiger partial charge in [0.1, 0.15) is 6.61 Å². The van der Waals surface area contributed by atoms with E-state index in [1.165, 1.54) is 89.9 Å². The molecule has 0 spiro atoms. The fourth-order valence-electron chi connectivity index (χ4n) is 3.34. The van der Waals surface area contributed by atoms with Crippen molar-refractivity contribution in [2.45, 2.75) is 122 Å². The van der Waals surface area contributed by atoms with E-state index in [9.17, 15) is 9.36 Å². The SMILES string of the molecule is CCCCCCCCCCCCCCCCCCCC(=O)OCCP(=O)(O)O. The van der Waals surface area contributed by atoms with Gasteiger partial charge in [-0.3, -0.25) is 9.36 Å². The molecule has 0 unspecified atom stereocenters. The highest BCUT2D eigenvalue weighted by atomic mass is 31.2. The van der Waals surface area contributed by atoms with Gasteiger partial charge >= 0.3 is 13.6 Å². The molecule has 0 aromatic carbocycles. The molecule has 0 aliphatic carbocycles. The molecule has 168 valence electrons. The van der Waals surface area contributed by atoms with E-state index in [2.05, 4.69) is 6.92 Å². The Morgan fingerprint density at radius 2 is 1.04 bits per heavy atom. The number of carbonyl (C=O) groups excluding carboxylic acids is 1. The first-order valence-corrected chi connectivity index (χ1v) is 13.5. The summed E-state index contributed by atoms with van der Waals surface area (Å²) in [5.74, 6) is -0.352. The Balaban J connectivity index is 3.15. The van der Waals surface area contributed by atoms with Crippen molar-refractivity contribution >= 4 is 13.6 Å². The van der Waals surface area contributed by atoms with Crippen LogP contribution in [0.2, 0.25) is 0 Å². The molecular formula is C22H45O5P. The predicted octanol–water partition coefficient (Wildman–Crippen LogP) is 6.75. The topological polar surface area (TPSA) is 83.8 Å². The summed E-state index contributed by atoms with van der Waals surface area (Å²) in [5, 5.41) is 0. The van der Waals surface area contributed by atoms with Crippen molar-refractivity contribution in [1.29, 1.82) is 0 Å². The van der Waals surface area contributed by atoms with Gasteiger partial charge in [-0.1, -0.05) is 110 Å². The van der Waals surface area contributed by atoms with Crippen LogP contribution in [0, 0.1) is 0 Å². The average molecular weight is 421 g/mol. The molecule has 0 rings (SSSR count). The molecule has 0 bridgehead atoms. The number of ether oxygens (including phenoxy) is 1. The Bertz CT molecular complexity index is 394. The van der Waals surface area contributed by atoms with Gasteiger partial charge in [-0.05, 0) is 6.42 Å². The lowest BCUT2D eigenvalue weighted by Gasteiger charge is -2.06. The number of hydrogen-bond donors (Lipinski definition) is 2. The summed E-state index contributed by atoms with van der Waals surface area (Å²) in [6.07, 6.45) is 22.1. The minimum atomic E-state index is -4.06. The van der Waals surface area contributed by atoms with Crippen molar-refractivity contribution in [2.75, 3.05) is 12.8 Å². The summed E-state index contributed by atoms with van der Waals surface area (Å²) < 4.78 is 15.5. The van der Waals surface area contributed by atoms with Crippen LogP contribution < -0.4 is 0 Å². The van der Waals surface area contributed by atoms with E-state index in [-0.39, 0.29) is 12.6 Å². The van der Waals surface area contributed by atoms with Crippen molar-refractivity contribution in [3.05, 3.63) is 0 Å². The molecule has 0 atom stereocenters. The Labute approximate surface area is 173 Å². The summed E-state index contributed by atoms with van der Waals surface area (Å²) in [6.45, 7) is 2.07. The van der Waals surface area contributed by atoms with Crippen LogP contribution in [0.3, 0.4) is 0 Å². The Morgan fingerprint density at radius 1 is 0.679 bits per heavy atom. The zero-order valence-corrected chi connectivity index (χ0v) is 19.1. The van der Waals surface area contributed by atoms with E-state index in [4.69, 9.17) is 14.5 Å². The normalized spacial score (nSPS) is 11.7. The zero-order valence-electron chi connectivity index (χ0n) is 18.2. The number of hydrogen-bond acceptors (Lipinski definition) is 3. The van der Waals surface area contributed by atoms with Gasteiger partial charge in [-0.15, -0.1) is 0 Å². The Kier molecular flexibility index (Phi) is 19.6. The molecule has 0 aliphatic rings. The molecule has 2 N–H and O–H groups in total. The highest BCUT2D eigenvalue weighted by Crippen LogP contribution is 2.33. The van der Waals surface area contributed by atoms with Crippen molar-refractivity contribution in [3.63, 3.8) is 0 Å². The number of carbonyl (C=O) groups is 1. The molecule has 0 aromatic heterocycles. The van der Waals surface area contributed by atoms with Crippen LogP contribution in [0.5, 0.6) is 0 Å². The summed E-state index contributed by atoms with van der Waals surface area (Å²) in [6, 6.07) is 0. The van der Waals surface area contributed by atoms with Gasteiger partial charge in [0, 0.05) is 6.42 Å². The average Bonchev–Trinajstić information content (AvgIpc) is 2.63. The smallest absolute Gasteiger partial charge is 0.328 e. The third-order valence-corrected chi connectivity index (χ3v) is 5.90. The largest absolute Gasteiger partial charge is 0.465 e. The fourth-order valence-corrected chi connectivity index (χ4v) is 3.67. The van der Waals surface area contributed by atoms with Crippen molar-refractivity contribution in [2.24, 2.45) is 0 Å². The van der Waals surface area contributed by atoms with Crippen LogP contribution in [0.4, 0.5) is 0 Å². The van der Waals surface area contributed by atoms with Crippen LogP contribution >= 0.6 is 7.60 Å². The summed E-state index contributed by atoms with van der Waals surface area (Å²) >= 11 is 0. The molecule has 0 aliphatic heterocycles. The fraction of sp³-hybridized carbons (Fsp3) is 0.955. The second kappa shape index (κ2) is 19.9. The number of esters is 1. The zero-order chi connectivity index (χ0) is 20.9. The maximum atomic E-state index is 11.4. The van der Waals surface area contributed by atoms with E-state index < -0.39 is 13.8 Å². The first-order chi connectivity index (χ1) is 13.5. The minimum absolute atomic E-state index is 0.192. The molecule has 6 heteroatoms. The molecule has 0 amide bonds. The second-order valence-electron chi connectivity index (χ2n) is 8.02. The monoisotopic (exact) mass is 420 g/mol. The lowest BCUT2D eigenvalue weighted by Crippen LogP contribution is -2.08. The van der Waals surface area contributed by atoms with Crippen molar-refractivity contribution in [1.82, 2.24) is 0 Å². The van der Waals surface area contributed by atoms with Gasteiger partial charge in [0.25, 0.3) is 0 Å². The molecule has 0 saturated carbocycles. The van der Waals surface area contributed by atoms with E-state index in [0.717, 1.165) is 19.3 Å². The van der Waals surface area contributed by atoms with Crippen LogP contribution in [0.15, 0.2) is 0 Å². The van der Waals surface area contributed by atoms with Gasteiger partial charge in [0.15, 0.2) is 0 Å². The van der Waals surface area contributed by atoms with Crippen LogP contribution in [-0.4, -0.2) is 28.5 Å². The Morgan fingerprint density at radius 3 is 1.39 bits per heavy atom. The van der Waals surface area contributed by atoms with Crippen LogP contribution in [0.25, 0.3) is 0 Å². The minimum Gasteiger partial charge on any atom is -0.465 e. The van der Waals surface area contributed by atoms with Crippen LogP contribution in [-0.2, 0) is 14.1 Å². The lowest BCUT2D eigenvalue weighted by atomic mass is 10.0. The standard InChI is InChI=1S/C22H45O5P/c1-2-3-4-5-6-7-8-9-10-11-12-13-14-15-16-17-18-19-22(23)27-20-21-28(24,25)26/h2-21H2,1H3,(H2,24,25,26). The first-order valence-electron chi connectivity index (χ1n) is 11.7. The molecule has 0 heterocycles. The molecule has 0 aromatic rings. The van der Waals surface area contributed by atoms with Crippen LogP contribution in [0.1, 0.15) is 122 Å². The van der Waals surface area contributed by atoms with Gasteiger partial charge in [0.2, 0.25) is 0 Å². The lowest BCUT2D eigenvalue weighted by molar-refractivity contribution is -0.143. The predicted molar refractivity (Wildman–Crippen MR) is 117 cm³/mol. The highest BCUT2D eigenvalue weighted by molar-refractivity contribution is 7.51. The van der Waals surface area contributed by atoms with Gasteiger partial charge < -0.3 is 14.5 Å². The van der Waals surface area contributed by atoms with E-state index >= 15 is 0 Å². The van der Waals surface area contributed by atoms with Gasteiger partial charge in [0.05, 0.1) is 6.16 Å². The molecule has 0 radical (unpaired) electrons. The molecular weight excluding hydrogens is 375 g/mol. The summed E-state index contributed by atoms with van der Waals surface area (Å²) in [7, 11) is -4.06. The quantitative estimate of drug-likeness (QED) is 0.122. The van der Waals surface area contributed by atoms with Crippen molar-refractivity contribution in [3.8, 4) is 0 Å². The third-order valence-electron chi connectivity index (χ3n) is 5.13. The molecule has 28 heavy (non-hydrogen) atoms. The van der Waals surface area contributed by atoms with E-state index in [1.54, 1.807) is 0 Å². The number of unbranched alkanes of at least 4 members (excludes halogenated alkanes) is 16. The van der Waals surface area contributed by atoms with Crippen molar-refractivity contribution < 1.29 is 23.9 Å². The molecule has 0 saturated heterocycles. The molecule has 5 nitrogen and oxygen atoms in total. The maximum absolute atomic E-state index is 11.4. The Hall–Kier alpha value is -0.380. The number of rotatable bonds is 21. The van der Waals surface area contributed by atoms with E-state index in [1.807, 2.05) is 0 Å². The summed E-state index contributed by atoms with van der Waals surface area (Å²) in [5.41, 5.74) is 0. The van der Waals surface area contributed by atoms with E-state index in [0.29, 0.717) is 6.42 Å². The highest BCUT2D eigenvalue weighted by Gasteiger charge is 2.13.